The topological polar surface area (TPSA) is 157 Å². The summed E-state index contributed by atoms with van der Waals surface area (Å²) >= 11 is 0. The molecule has 88 heavy (non-hydrogen) atoms. The van der Waals surface area contributed by atoms with Gasteiger partial charge in [0.25, 0.3) is 5.91 Å². The van der Waals surface area contributed by atoms with Gasteiger partial charge in [-0.3, -0.25) is 29.3 Å². The minimum Gasteiger partial charge on any atom is -0.351 e. The lowest BCUT2D eigenvalue weighted by molar-refractivity contribution is -0.143. The van der Waals surface area contributed by atoms with Gasteiger partial charge in [0.15, 0.2) is 0 Å². The van der Waals surface area contributed by atoms with Gasteiger partial charge in [-0.25, -0.2) is 19.9 Å². The summed E-state index contributed by atoms with van der Waals surface area (Å²) in [5.74, 6) is 6.99. The maximum atomic E-state index is 14.2. The average Bonchev–Trinajstić information content (AvgIpc) is 2.12. The Labute approximate surface area is 514 Å². The van der Waals surface area contributed by atoms with E-state index in [2.05, 4.69) is 80.7 Å². The molecule has 4 aromatic carbocycles. The molecule has 17 nitrogen and oxygen atoms in total. The highest BCUT2D eigenvalue weighted by Crippen LogP contribution is 2.50. The molecule has 0 saturated heterocycles. The summed E-state index contributed by atoms with van der Waals surface area (Å²) in [5, 5.41) is 9.22. The number of imidazole rings is 3. The summed E-state index contributed by atoms with van der Waals surface area (Å²) < 4.78 is 7.45. The molecule has 0 bridgehead atoms. The van der Waals surface area contributed by atoms with Crippen LogP contribution in [0.3, 0.4) is 0 Å². The molecule has 4 aromatic heterocycles. The minimum atomic E-state index is 0.0136. The van der Waals surface area contributed by atoms with Crippen molar-refractivity contribution in [2.24, 2.45) is 17.8 Å². The smallest absolute Gasteiger partial charge is 0.254 e. The molecule has 0 N–H and O–H groups in total. The molecule has 4 aliphatic carbocycles. The van der Waals surface area contributed by atoms with Crippen LogP contribution in [0.1, 0.15) is 136 Å². The van der Waals surface area contributed by atoms with Gasteiger partial charge in [0, 0.05) is 159 Å². The van der Waals surface area contributed by atoms with Gasteiger partial charge in [0.2, 0.25) is 5.91 Å². The Balaban J connectivity index is 0.457. The van der Waals surface area contributed by atoms with Crippen molar-refractivity contribution >= 4 is 50.7 Å². The van der Waals surface area contributed by atoms with Crippen LogP contribution < -0.4 is 4.90 Å². The SMILES string of the molecule is N#Cc1ccc(C(=O)N2CCc3cc4nc5n(c4cc3C2)CCN(C2CC(C3CC(C(=O)N4CCc6cc7nc8n(c7cc6C4)CCN(C4CC(c6cncc(N7CCc9cc%10nc%11n(c%10cc9C7)CCN(C7CCC7)CC%11)n6)C4)CC8)C3)C2)CC5)cc1. The van der Waals surface area contributed by atoms with Crippen LogP contribution >= 0.6 is 0 Å². The lowest BCUT2D eigenvalue weighted by atomic mass is 9.60. The molecule has 2 amide bonds. The van der Waals surface area contributed by atoms with Crippen LogP contribution in [0, 0.1) is 29.1 Å². The van der Waals surface area contributed by atoms with Crippen LogP contribution in [0.2, 0.25) is 0 Å². The Morgan fingerprint density at radius 1 is 0.477 bits per heavy atom. The number of hydrogen-bond acceptors (Lipinski definition) is 12. The van der Waals surface area contributed by atoms with Crippen LogP contribution in [0.15, 0.2) is 73.1 Å². The number of rotatable bonds is 8. The zero-order chi connectivity index (χ0) is 58.3. The van der Waals surface area contributed by atoms with E-state index in [9.17, 15) is 14.9 Å². The molecule has 0 radical (unpaired) electrons. The van der Waals surface area contributed by atoms with Crippen LogP contribution in [0.5, 0.6) is 0 Å². The van der Waals surface area contributed by atoms with Crippen molar-refractivity contribution in [3.8, 4) is 6.07 Å². The van der Waals surface area contributed by atoms with Crippen molar-refractivity contribution in [2.75, 3.05) is 63.8 Å². The summed E-state index contributed by atoms with van der Waals surface area (Å²) in [7, 11) is 0. The number of carbonyl (C=O) groups excluding carboxylic acids is 2. The third kappa shape index (κ3) is 9.27. The lowest BCUT2D eigenvalue weighted by Gasteiger charge is -2.51. The number of benzene rings is 4. The molecule has 0 unspecified atom stereocenters. The van der Waals surface area contributed by atoms with Crippen molar-refractivity contribution < 1.29 is 9.59 Å². The number of fused-ring (bicyclic) bond motifs is 12. The van der Waals surface area contributed by atoms with E-state index in [-0.39, 0.29) is 11.8 Å². The Morgan fingerprint density at radius 3 is 1.55 bits per heavy atom. The third-order valence-corrected chi connectivity index (χ3v) is 23.5. The van der Waals surface area contributed by atoms with E-state index in [4.69, 9.17) is 24.9 Å². The largest absolute Gasteiger partial charge is 0.351 e. The molecule has 450 valence electrons. The van der Waals surface area contributed by atoms with E-state index >= 15 is 0 Å². The van der Waals surface area contributed by atoms with Crippen molar-refractivity contribution in [3.63, 3.8) is 0 Å². The first-order chi connectivity index (χ1) is 43.2. The summed E-state index contributed by atoms with van der Waals surface area (Å²) in [6.45, 7) is 13.8. The zero-order valence-corrected chi connectivity index (χ0v) is 50.7. The van der Waals surface area contributed by atoms with Crippen molar-refractivity contribution in [1.82, 2.24) is 63.1 Å². The number of carbonyl (C=O) groups is 2. The highest BCUT2D eigenvalue weighted by Gasteiger charge is 2.47. The van der Waals surface area contributed by atoms with Gasteiger partial charge in [-0.05, 0) is 177 Å². The number of amides is 2. The average molecular weight is 1170 g/mol. The molecule has 4 fully saturated rings. The maximum Gasteiger partial charge on any atom is 0.254 e. The molecule has 18 rings (SSSR count). The van der Waals surface area contributed by atoms with E-state index in [1.54, 1.807) is 24.3 Å². The molecule has 10 aliphatic rings. The molecule has 4 saturated carbocycles. The van der Waals surface area contributed by atoms with Crippen LogP contribution in [0.25, 0.3) is 33.1 Å². The normalized spacial score (nSPS) is 25.8. The first-order valence-corrected chi connectivity index (χ1v) is 33.6. The van der Waals surface area contributed by atoms with Crippen molar-refractivity contribution in [1.29, 1.82) is 5.26 Å². The Kier molecular flexibility index (Phi) is 13.0. The van der Waals surface area contributed by atoms with Crippen molar-refractivity contribution in [3.05, 3.63) is 141 Å². The second kappa shape index (κ2) is 21.3. The van der Waals surface area contributed by atoms with Crippen LogP contribution in [-0.2, 0) is 82.6 Å². The van der Waals surface area contributed by atoms with E-state index in [1.165, 1.54) is 105 Å². The van der Waals surface area contributed by atoms with E-state index in [1.807, 2.05) is 17.3 Å². The second-order valence-corrected chi connectivity index (χ2v) is 28.1. The number of hydrogen-bond donors (Lipinski definition) is 0. The predicted octanol–water partition coefficient (Wildman–Crippen LogP) is 8.62. The van der Waals surface area contributed by atoms with Gasteiger partial charge >= 0.3 is 0 Å². The molecular weight excluding hydrogens is 1090 g/mol. The molecule has 8 aromatic rings. The quantitative estimate of drug-likeness (QED) is 0.143. The standard InChI is InChI=1S/C71H79N15O2/c72-38-44-4-6-45(7-5-44)70(87)82-15-9-47-33-60-64(36-54(47)42-82)85-24-21-79(18-12-67(85)75-60)57-28-50(29-57)49-26-52(27-49)71(88)83-16-10-48-34-61-65(37-55(48)43-83)86-25-22-80(19-13-68(86)76-61)58-30-51(31-58)62-39-73-40-69(77-62)81-14-8-46-32-59-63(35-53(46)41-81)84-23-20-78(56-2-1-3-56)17-11-66(84)74-59/h4-7,32-37,39-40,49-52,56-58H,1-3,8-31,41-43H2. The van der Waals surface area contributed by atoms with Gasteiger partial charge in [-0.2, -0.15) is 5.26 Å². The fourth-order valence-electron chi connectivity index (χ4n) is 17.7. The summed E-state index contributed by atoms with van der Waals surface area (Å²) in [6, 6.07) is 25.2. The summed E-state index contributed by atoms with van der Waals surface area (Å²) in [5.41, 5.74) is 17.4. The summed E-state index contributed by atoms with van der Waals surface area (Å²) in [6.07, 6.45) is 20.6. The molecule has 17 heteroatoms. The Bertz CT molecular complexity index is 4150. The maximum absolute atomic E-state index is 14.2. The third-order valence-electron chi connectivity index (χ3n) is 23.5. The fourth-order valence-corrected chi connectivity index (χ4v) is 17.7. The Morgan fingerprint density at radius 2 is 0.989 bits per heavy atom. The highest BCUT2D eigenvalue weighted by atomic mass is 16.2. The number of aromatic nitrogens is 8. The van der Waals surface area contributed by atoms with E-state index in [0.29, 0.717) is 60.6 Å². The van der Waals surface area contributed by atoms with Gasteiger partial charge < -0.3 is 28.4 Å². The fraction of sp³-hybridized carbons (Fsp3) is 0.521. The zero-order valence-electron chi connectivity index (χ0n) is 50.7. The highest BCUT2D eigenvalue weighted by molar-refractivity contribution is 5.94. The van der Waals surface area contributed by atoms with Crippen LogP contribution in [-0.4, -0.2) is 152 Å². The van der Waals surface area contributed by atoms with Crippen LogP contribution in [0.4, 0.5) is 5.82 Å². The minimum absolute atomic E-state index is 0.0136. The van der Waals surface area contributed by atoms with Crippen molar-refractivity contribution in [2.45, 2.75) is 160 Å². The molecule has 0 spiro atoms. The molecule has 0 atom stereocenters. The Hall–Kier alpha value is -7.52. The van der Waals surface area contributed by atoms with Gasteiger partial charge in [-0.15, -0.1) is 0 Å². The number of nitrogens with zero attached hydrogens (tertiary/aromatic N) is 15. The number of nitriles is 1. The van der Waals surface area contributed by atoms with Gasteiger partial charge in [-0.1, -0.05) is 6.42 Å². The lowest BCUT2D eigenvalue weighted by Crippen LogP contribution is -2.51. The number of anilines is 1. The predicted molar refractivity (Wildman–Crippen MR) is 337 cm³/mol. The summed E-state index contributed by atoms with van der Waals surface area (Å²) in [4.78, 5) is 68.2. The first kappa shape index (κ1) is 53.5. The first-order valence-electron chi connectivity index (χ1n) is 33.6. The van der Waals surface area contributed by atoms with Gasteiger partial charge in [0.1, 0.15) is 23.3 Å². The molecular formula is C71H79N15O2. The molecule has 6 aliphatic heterocycles. The monoisotopic (exact) mass is 1170 g/mol. The van der Waals surface area contributed by atoms with E-state index < -0.39 is 0 Å². The second-order valence-electron chi connectivity index (χ2n) is 28.1. The molecule has 10 heterocycles. The van der Waals surface area contributed by atoms with E-state index in [0.717, 1.165) is 177 Å². The van der Waals surface area contributed by atoms with Gasteiger partial charge in [0.05, 0.1) is 56.6 Å².